The molecular weight excluding hydrogens is 530 g/mol. The Hall–Kier alpha value is -4.60. The van der Waals surface area contributed by atoms with E-state index in [4.69, 9.17) is 10.2 Å². The Morgan fingerprint density at radius 3 is 1.30 bits per heavy atom. The van der Waals surface area contributed by atoms with E-state index in [0.717, 1.165) is 0 Å². The van der Waals surface area contributed by atoms with Gasteiger partial charge in [0.15, 0.2) is 0 Å². The van der Waals surface area contributed by atoms with Gasteiger partial charge in [-0.3, -0.25) is 9.97 Å². The van der Waals surface area contributed by atoms with Gasteiger partial charge in [-0.15, -0.1) is 0 Å². The maximum atomic E-state index is 13.2. The zero-order valence-electron chi connectivity index (χ0n) is 19.1. The number of hydrogen-bond donors (Lipinski definition) is 0. The van der Waals surface area contributed by atoms with Gasteiger partial charge >= 0.3 is 28.9 Å². The van der Waals surface area contributed by atoms with Crippen LogP contribution in [0.2, 0.25) is 0 Å². The van der Waals surface area contributed by atoms with Crippen LogP contribution in [-0.4, -0.2) is 44.4 Å². The van der Waals surface area contributed by atoms with Crippen molar-refractivity contribution in [3.8, 4) is 0 Å². The predicted molar refractivity (Wildman–Crippen MR) is 137 cm³/mol. The largest absolute Gasteiger partial charge is 2.00 e. The Labute approximate surface area is 222 Å². The van der Waals surface area contributed by atoms with Crippen LogP contribution in [0.15, 0.2) is 118 Å². The second-order valence-electron chi connectivity index (χ2n) is 6.90. The van der Waals surface area contributed by atoms with E-state index in [1.807, 2.05) is 0 Å². The van der Waals surface area contributed by atoms with Crippen molar-refractivity contribution in [1.82, 2.24) is 9.97 Å². The zero-order chi connectivity index (χ0) is 25.6. The SMILES string of the molecule is [Cu+2].[OH2+]C(=NN=Cc1ccccc1F)c1ccncc1.[OH2+]C(=NN=Cc1ccccc1F)c1ccncc1. The van der Waals surface area contributed by atoms with Crippen LogP contribution in [0.5, 0.6) is 0 Å². The van der Waals surface area contributed by atoms with Gasteiger partial charge in [0.25, 0.3) is 0 Å². The van der Waals surface area contributed by atoms with E-state index in [1.165, 1.54) is 24.6 Å². The van der Waals surface area contributed by atoms with Gasteiger partial charge in [-0.05, 0) is 36.4 Å². The van der Waals surface area contributed by atoms with E-state index in [0.29, 0.717) is 22.3 Å². The minimum Gasteiger partial charge on any atom is -0.577 e. The molecule has 2 aromatic carbocycles. The minimum atomic E-state index is -0.369. The first-order valence-electron chi connectivity index (χ1n) is 10.5. The summed E-state index contributed by atoms with van der Waals surface area (Å²) in [5.74, 6) is -0.728. The van der Waals surface area contributed by atoms with E-state index >= 15 is 0 Å². The summed E-state index contributed by atoms with van der Waals surface area (Å²) in [6.45, 7) is 0. The van der Waals surface area contributed by atoms with Crippen molar-refractivity contribution in [3.05, 3.63) is 131 Å². The van der Waals surface area contributed by atoms with E-state index in [2.05, 4.69) is 30.4 Å². The molecule has 2 aromatic heterocycles. The molecule has 4 aromatic rings. The first-order valence-corrected chi connectivity index (χ1v) is 10.5. The molecule has 0 aliphatic carbocycles. The summed E-state index contributed by atoms with van der Waals surface area (Å²) >= 11 is 0. The number of halogens is 2. The molecule has 0 amide bonds. The van der Waals surface area contributed by atoms with Crippen LogP contribution < -0.4 is 0 Å². The first kappa shape index (κ1) is 28.6. The van der Waals surface area contributed by atoms with E-state index in [-0.39, 0.29) is 40.5 Å². The van der Waals surface area contributed by atoms with Crippen molar-refractivity contribution in [2.75, 3.05) is 0 Å². The van der Waals surface area contributed by atoms with E-state index in [9.17, 15) is 8.78 Å². The fourth-order valence-corrected chi connectivity index (χ4v) is 2.59. The second kappa shape index (κ2) is 15.4. The van der Waals surface area contributed by atoms with Crippen molar-refractivity contribution in [3.63, 3.8) is 0 Å². The summed E-state index contributed by atoms with van der Waals surface area (Å²) in [6, 6.07) is 19.1. The third kappa shape index (κ3) is 9.52. The number of nitrogens with zero attached hydrogens (tertiary/aromatic N) is 6. The molecule has 0 unspecified atom stereocenters. The minimum absolute atomic E-state index is 0. The molecule has 4 rings (SSSR count). The Balaban J connectivity index is 0.000000253. The van der Waals surface area contributed by atoms with Crippen LogP contribution in [0.4, 0.5) is 8.78 Å². The van der Waals surface area contributed by atoms with Crippen LogP contribution in [-0.2, 0) is 17.1 Å². The summed E-state index contributed by atoms with van der Waals surface area (Å²) in [5, 5.41) is 30.1. The molecule has 2 heterocycles. The Kier molecular flexibility index (Phi) is 11.9. The van der Waals surface area contributed by atoms with Crippen LogP contribution >= 0.6 is 0 Å². The predicted octanol–water partition coefficient (Wildman–Crippen LogP) is 3.45. The van der Waals surface area contributed by atoms with Crippen LogP contribution in [0.25, 0.3) is 0 Å². The fraction of sp³-hybridized carbons (Fsp3) is 0. The molecule has 0 fully saturated rings. The summed E-state index contributed by atoms with van der Waals surface area (Å²) < 4.78 is 26.5. The normalized spacial score (nSPS) is 11.6. The topological polar surface area (TPSA) is 121 Å². The Morgan fingerprint density at radius 1 is 0.595 bits per heavy atom. The molecule has 0 saturated heterocycles. The summed E-state index contributed by atoms with van der Waals surface area (Å²) in [7, 11) is 0. The fourth-order valence-electron chi connectivity index (χ4n) is 2.59. The summed E-state index contributed by atoms with van der Waals surface area (Å²) in [5.41, 5.74) is 1.89. The van der Waals surface area contributed by atoms with Gasteiger partial charge in [0.05, 0.1) is 23.6 Å². The Bertz CT molecular complexity index is 1280. The average Bonchev–Trinajstić information content (AvgIpc) is 2.92. The van der Waals surface area contributed by atoms with Gasteiger partial charge in [0.1, 0.15) is 11.6 Å². The van der Waals surface area contributed by atoms with E-state index < -0.39 is 0 Å². The molecule has 0 saturated carbocycles. The number of aromatic nitrogens is 2. The summed E-state index contributed by atoms with van der Waals surface area (Å²) in [4.78, 5) is 7.68. The number of pyridine rings is 2. The quantitative estimate of drug-likeness (QED) is 0.120. The van der Waals surface area contributed by atoms with Crippen molar-refractivity contribution in [2.24, 2.45) is 20.4 Å². The van der Waals surface area contributed by atoms with Gasteiger partial charge < -0.3 is 10.2 Å². The van der Waals surface area contributed by atoms with Crippen molar-refractivity contribution in [2.45, 2.75) is 0 Å². The number of hydrogen-bond acceptors (Lipinski definition) is 6. The molecule has 11 heteroatoms. The van der Waals surface area contributed by atoms with Crippen LogP contribution in [0.3, 0.4) is 0 Å². The molecule has 0 aliphatic rings. The molecule has 4 N–H and O–H groups in total. The van der Waals surface area contributed by atoms with Crippen molar-refractivity contribution < 1.29 is 36.1 Å². The van der Waals surface area contributed by atoms with Gasteiger partial charge in [0, 0.05) is 35.9 Å². The third-order valence-electron chi connectivity index (χ3n) is 4.43. The van der Waals surface area contributed by atoms with Crippen molar-refractivity contribution >= 4 is 24.2 Å². The first-order chi connectivity index (χ1) is 17.5. The average molecular weight is 552 g/mol. The van der Waals surface area contributed by atoms with Gasteiger partial charge in [-0.2, -0.15) is 10.2 Å². The zero-order valence-corrected chi connectivity index (χ0v) is 20.1. The second-order valence-corrected chi connectivity index (χ2v) is 6.90. The number of benzene rings is 2. The van der Waals surface area contributed by atoms with Crippen molar-refractivity contribution in [1.29, 1.82) is 0 Å². The van der Waals surface area contributed by atoms with Crippen LogP contribution in [0, 0.1) is 11.6 Å². The molecule has 0 spiro atoms. The molecule has 0 aliphatic heterocycles. The third-order valence-corrected chi connectivity index (χ3v) is 4.43. The number of rotatable bonds is 6. The molecule has 37 heavy (non-hydrogen) atoms. The summed E-state index contributed by atoms with van der Waals surface area (Å²) in [6.07, 6.45) is 8.84. The maximum absolute atomic E-state index is 13.2. The smallest absolute Gasteiger partial charge is 0.577 e. The Morgan fingerprint density at radius 2 is 0.946 bits per heavy atom. The van der Waals surface area contributed by atoms with Gasteiger partial charge in [0.2, 0.25) is 0 Å². The van der Waals surface area contributed by atoms with Gasteiger partial charge in [-0.25, -0.2) is 8.78 Å². The molecule has 189 valence electrons. The van der Waals surface area contributed by atoms with E-state index in [1.54, 1.807) is 85.5 Å². The molecular formula is C26H22CuF2N6O2+4. The molecule has 1 radical (unpaired) electrons. The monoisotopic (exact) mass is 551 g/mol. The standard InChI is InChI=1S/2C13H10FN3O.Cu/c2*14-12-4-2-1-3-11(12)9-16-17-13(18)10-5-7-15-8-6-10;/h2*1-9H,(H,17,18);/q;;+2/p+2. The maximum Gasteiger partial charge on any atom is 2.00 e. The van der Waals surface area contributed by atoms with Crippen LogP contribution in [0.1, 0.15) is 22.3 Å². The molecule has 0 bridgehead atoms. The van der Waals surface area contributed by atoms with Gasteiger partial charge in [-0.1, -0.05) is 46.6 Å². The molecule has 8 nitrogen and oxygen atoms in total. The molecule has 0 atom stereocenters.